The van der Waals surface area contributed by atoms with Crippen LogP contribution in [0, 0.1) is 5.92 Å². The van der Waals surface area contributed by atoms with Crippen molar-refractivity contribution in [1.29, 1.82) is 0 Å². The maximum atomic E-state index is 13.5. The Kier molecular flexibility index (Phi) is 3.80. The summed E-state index contributed by atoms with van der Waals surface area (Å²) in [5.74, 6) is 1.89. The minimum absolute atomic E-state index is 0.302. The summed E-state index contributed by atoms with van der Waals surface area (Å²) in [6.07, 6.45) is 5.43. The number of rotatable bonds is 3. The normalized spacial score (nSPS) is 28.8. The Hall–Kier alpha value is -1.55. The van der Waals surface area contributed by atoms with Crippen LogP contribution in [0.2, 0.25) is 0 Å². The molecule has 23 heavy (non-hydrogen) atoms. The van der Waals surface area contributed by atoms with Gasteiger partial charge in [-0.2, -0.15) is 0 Å². The molecule has 0 aromatic heterocycles. The molecule has 1 N–H and O–H groups in total. The van der Waals surface area contributed by atoms with Crippen LogP contribution < -0.4 is 10.1 Å². The van der Waals surface area contributed by atoms with Crippen molar-refractivity contribution in [3.05, 3.63) is 29.8 Å². The van der Waals surface area contributed by atoms with E-state index in [9.17, 15) is 4.79 Å². The van der Waals surface area contributed by atoms with E-state index in [1.807, 2.05) is 12.1 Å². The molecule has 3 fully saturated rings. The number of nitrogens with zero attached hydrogens (tertiary/aromatic N) is 1. The smallest absolute Gasteiger partial charge is 0.233 e. The van der Waals surface area contributed by atoms with Gasteiger partial charge in [-0.3, -0.25) is 4.79 Å². The average Bonchev–Trinajstić information content (AvgIpc) is 3.31. The molecule has 4 heteroatoms. The second kappa shape index (κ2) is 5.82. The van der Waals surface area contributed by atoms with Gasteiger partial charge < -0.3 is 15.0 Å². The van der Waals surface area contributed by atoms with Gasteiger partial charge in [0.05, 0.1) is 12.5 Å². The quantitative estimate of drug-likeness (QED) is 0.931. The summed E-state index contributed by atoms with van der Waals surface area (Å²) in [5.41, 5.74) is 0.874. The molecule has 0 unspecified atom stereocenters. The second-order valence-corrected chi connectivity index (χ2v) is 7.29. The standard InChI is InChI=1S/C19H26N2O2/c1-23-16-6-4-15(5-7-16)19(9-2-3-10-19)18(22)21-11-8-14-12-20-13-17(14)21/h4-7,14,17,20H,2-3,8-13H2,1H3/t14-,17+/m1/s1. The molecule has 2 aliphatic heterocycles. The summed E-state index contributed by atoms with van der Waals surface area (Å²) in [6.45, 7) is 2.98. The number of ether oxygens (including phenoxy) is 1. The molecule has 4 rings (SSSR count). The Labute approximate surface area is 138 Å². The van der Waals surface area contributed by atoms with Crippen LogP contribution in [-0.2, 0) is 10.2 Å². The van der Waals surface area contributed by atoms with E-state index in [0.29, 0.717) is 17.9 Å². The summed E-state index contributed by atoms with van der Waals surface area (Å²) in [4.78, 5) is 15.7. The molecule has 3 aliphatic rings. The largest absolute Gasteiger partial charge is 0.497 e. The van der Waals surface area contributed by atoms with E-state index in [1.54, 1.807) is 7.11 Å². The van der Waals surface area contributed by atoms with Crippen LogP contribution >= 0.6 is 0 Å². The molecule has 1 saturated carbocycles. The van der Waals surface area contributed by atoms with Gasteiger partial charge in [-0.1, -0.05) is 25.0 Å². The molecule has 4 nitrogen and oxygen atoms in total. The van der Waals surface area contributed by atoms with Crippen LogP contribution in [0.25, 0.3) is 0 Å². The Morgan fingerprint density at radius 1 is 1.22 bits per heavy atom. The highest BCUT2D eigenvalue weighted by Crippen LogP contribution is 2.44. The summed E-state index contributed by atoms with van der Waals surface area (Å²) in [7, 11) is 1.68. The van der Waals surface area contributed by atoms with Gasteiger partial charge in [0, 0.05) is 25.7 Å². The van der Waals surface area contributed by atoms with E-state index in [4.69, 9.17) is 4.74 Å². The van der Waals surface area contributed by atoms with Crippen molar-refractivity contribution in [2.75, 3.05) is 26.7 Å². The molecule has 1 amide bonds. The van der Waals surface area contributed by atoms with E-state index in [0.717, 1.165) is 57.5 Å². The van der Waals surface area contributed by atoms with Crippen molar-refractivity contribution in [1.82, 2.24) is 10.2 Å². The van der Waals surface area contributed by atoms with Crippen molar-refractivity contribution < 1.29 is 9.53 Å². The zero-order chi connectivity index (χ0) is 15.9. The van der Waals surface area contributed by atoms with Crippen LogP contribution in [0.3, 0.4) is 0 Å². The highest BCUT2D eigenvalue weighted by atomic mass is 16.5. The van der Waals surface area contributed by atoms with E-state index in [2.05, 4.69) is 22.3 Å². The monoisotopic (exact) mass is 314 g/mol. The summed E-state index contributed by atoms with van der Waals surface area (Å²) >= 11 is 0. The molecule has 1 aromatic rings. The van der Waals surface area contributed by atoms with Gasteiger partial charge in [-0.15, -0.1) is 0 Å². The number of methoxy groups -OCH3 is 1. The van der Waals surface area contributed by atoms with Crippen LogP contribution in [0.4, 0.5) is 0 Å². The lowest BCUT2D eigenvalue weighted by Gasteiger charge is -2.35. The van der Waals surface area contributed by atoms with Crippen molar-refractivity contribution in [3.63, 3.8) is 0 Å². The van der Waals surface area contributed by atoms with Gasteiger partial charge in [0.1, 0.15) is 5.75 Å². The average molecular weight is 314 g/mol. The fourth-order valence-electron chi connectivity index (χ4n) is 4.89. The number of fused-ring (bicyclic) bond motifs is 1. The Morgan fingerprint density at radius 2 is 1.96 bits per heavy atom. The van der Waals surface area contributed by atoms with Crippen LogP contribution in [0.1, 0.15) is 37.7 Å². The van der Waals surface area contributed by atoms with Crippen LogP contribution in [0.15, 0.2) is 24.3 Å². The van der Waals surface area contributed by atoms with Crippen molar-refractivity contribution in [2.45, 2.75) is 43.6 Å². The van der Waals surface area contributed by atoms with Gasteiger partial charge in [-0.25, -0.2) is 0 Å². The van der Waals surface area contributed by atoms with Gasteiger partial charge in [0.15, 0.2) is 0 Å². The van der Waals surface area contributed by atoms with Crippen molar-refractivity contribution in [3.8, 4) is 5.75 Å². The highest BCUT2D eigenvalue weighted by molar-refractivity contribution is 5.89. The molecule has 2 heterocycles. The number of hydrogen-bond donors (Lipinski definition) is 1. The first-order valence-electron chi connectivity index (χ1n) is 8.91. The fourth-order valence-corrected chi connectivity index (χ4v) is 4.89. The summed E-state index contributed by atoms with van der Waals surface area (Å²) < 4.78 is 5.28. The third kappa shape index (κ3) is 2.35. The third-order valence-electron chi connectivity index (χ3n) is 6.22. The number of amides is 1. The number of hydrogen-bond acceptors (Lipinski definition) is 3. The second-order valence-electron chi connectivity index (χ2n) is 7.29. The summed E-state index contributed by atoms with van der Waals surface area (Å²) in [6, 6.07) is 8.60. The molecular formula is C19H26N2O2. The van der Waals surface area contributed by atoms with Crippen molar-refractivity contribution in [2.24, 2.45) is 5.92 Å². The topological polar surface area (TPSA) is 41.6 Å². The highest BCUT2D eigenvalue weighted by Gasteiger charge is 2.49. The molecule has 124 valence electrons. The first-order valence-corrected chi connectivity index (χ1v) is 8.91. The van der Waals surface area contributed by atoms with Gasteiger partial charge in [0.2, 0.25) is 5.91 Å². The van der Waals surface area contributed by atoms with Crippen LogP contribution in [0.5, 0.6) is 5.75 Å². The number of carbonyl (C=O) groups excluding carboxylic acids is 1. The molecule has 0 bridgehead atoms. The van der Waals surface area contributed by atoms with E-state index in [-0.39, 0.29) is 5.41 Å². The number of benzene rings is 1. The SMILES string of the molecule is COc1ccc(C2(C(=O)N3CC[C@@H]4CNC[C@@H]43)CCCC2)cc1. The lowest BCUT2D eigenvalue weighted by Crippen LogP contribution is -2.49. The van der Waals surface area contributed by atoms with Gasteiger partial charge >= 0.3 is 0 Å². The van der Waals surface area contributed by atoms with E-state index >= 15 is 0 Å². The minimum Gasteiger partial charge on any atom is -0.497 e. The third-order valence-corrected chi connectivity index (χ3v) is 6.22. The zero-order valence-electron chi connectivity index (χ0n) is 13.9. The Bertz CT molecular complexity index is 578. The molecular weight excluding hydrogens is 288 g/mol. The fraction of sp³-hybridized carbons (Fsp3) is 0.632. The van der Waals surface area contributed by atoms with Crippen LogP contribution in [-0.4, -0.2) is 43.6 Å². The first kappa shape index (κ1) is 15.0. The molecule has 2 atom stereocenters. The number of likely N-dealkylation sites (tertiary alicyclic amines) is 1. The zero-order valence-corrected chi connectivity index (χ0v) is 13.9. The van der Waals surface area contributed by atoms with E-state index < -0.39 is 0 Å². The maximum Gasteiger partial charge on any atom is 0.233 e. The summed E-state index contributed by atoms with van der Waals surface area (Å²) in [5, 5.41) is 3.46. The predicted molar refractivity (Wildman–Crippen MR) is 89.6 cm³/mol. The molecule has 0 spiro atoms. The molecule has 1 aromatic carbocycles. The molecule has 1 aliphatic carbocycles. The van der Waals surface area contributed by atoms with Gasteiger partial charge in [-0.05, 0) is 42.9 Å². The minimum atomic E-state index is -0.302. The lowest BCUT2D eigenvalue weighted by atomic mass is 9.77. The van der Waals surface area contributed by atoms with Crippen molar-refractivity contribution >= 4 is 5.91 Å². The Morgan fingerprint density at radius 3 is 2.65 bits per heavy atom. The number of nitrogens with one attached hydrogen (secondary N) is 1. The molecule has 0 radical (unpaired) electrons. The predicted octanol–water partition coefficient (Wildman–Crippen LogP) is 2.33. The molecule has 2 saturated heterocycles. The Balaban J connectivity index is 1.65. The maximum absolute atomic E-state index is 13.5. The van der Waals surface area contributed by atoms with E-state index in [1.165, 1.54) is 5.56 Å². The first-order chi connectivity index (χ1) is 11.2. The number of carbonyl (C=O) groups is 1. The van der Waals surface area contributed by atoms with Gasteiger partial charge in [0.25, 0.3) is 0 Å². The lowest BCUT2D eigenvalue weighted by molar-refractivity contribution is -0.138.